The number of aromatic nitrogens is 2. The Morgan fingerprint density at radius 3 is 2.82 bits per heavy atom. The van der Waals surface area contributed by atoms with Crippen molar-refractivity contribution in [1.82, 2.24) is 9.66 Å². The number of nitriles is 1. The highest BCUT2D eigenvalue weighted by molar-refractivity contribution is 6.31. The van der Waals surface area contributed by atoms with Gasteiger partial charge in [0.05, 0.1) is 23.7 Å². The summed E-state index contributed by atoms with van der Waals surface area (Å²) < 4.78 is 18.7. The van der Waals surface area contributed by atoms with Crippen LogP contribution in [-0.4, -0.2) is 29.1 Å². The second-order valence-corrected chi connectivity index (χ2v) is 8.92. The van der Waals surface area contributed by atoms with E-state index in [9.17, 15) is 4.79 Å². The smallest absolute Gasteiger partial charge is 0.282 e. The first-order chi connectivity index (χ1) is 19.0. The Morgan fingerprint density at radius 1 is 1.18 bits per heavy atom. The minimum Gasteiger partial charge on any atom is -0.490 e. The molecule has 3 aromatic carbocycles. The van der Waals surface area contributed by atoms with Gasteiger partial charge in [-0.1, -0.05) is 29.8 Å². The van der Waals surface area contributed by atoms with Gasteiger partial charge in [0, 0.05) is 16.0 Å². The maximum Gasteiger partial charge on any atom is 0.282 e. The lowest BCUT2D eigenvalue weighted by Crippen LogP contribution is -2.20. The first-order valence-electron chi connectivity index (χ1n) is 12.2. The van der Waals surface area contributed by atoms with Crippen LogP contribution in [0.5, 0.6) is 11.5 Å². The summed E-state index contributed by atoms with van der Waals surface area (Å²) in [6, 6.07) is 19.7. The predicted molar refractivity (Wildman–Crippen MR) is 152 cm³/mol. The number of hydrogen-bond donors (Lipinski definition) is 0. The number of nitrogens with zero attached hydrogens (tertiary/aromatic N) is 4. The van der Waals surface area contributed by atoms with Gasteiger partial charge >= 0.3 is 0 Å². The van der Waals surface area contributed by atoms with Crippen LogP contribution in [0.4, 0.5) is 0 Å². The van der Waals surface area contributed by atoms with Crippen LogP contribution in [0.25, 0.3) is 33.5 Å². The molecule has 0 spiro atoms. The van der Waals surface area contributed by atoms with Gasteiger partial charge in [-0.3, -0.25) is 4.79 Å². The van der Waals surface area contributed by atoms with Crippen molar-refractivity contribution in [3.8, 4) is 29.2 Å². The molecule has 0 amide bonds. The van der Waals surface area contributed by atoms with E-state index in [2.05, 4.69) is 11.7 Å². The topological polar surface area (TPSA) is 103 Å². The maximum atomic E-state index is 13.6. The summed E-state index contributed by atoms with van der Waals surface area (Å²) in [5.41, 5.74) is 2.20. The number of furan rings is 1. The minimum atomic E-state index is -0.351. The van der Waals surface area contributed by atoms with E-state index in [0.717, 1.165) is 10.9 Å². The Hall–Kier alpha value is -4.87. The number of hydrogen-bond acceptors (Lipinski definition) is 7. The summed E-state index contributed by atoms with van der Waals surface area (Å²) in [7, 11) is 0. The molecule has 0 aliphatic carbocycles. The number of halogens is 1. The van der Waals surface area contributed by atoms with Crippen LogP contribution in [0, 0.1) is 11.3 Å². The molecule has 0 atom stereocenters. The number of benzene rings is 3. The number of rotatable bonds is 9. The van der Waals surface area contributed by atoms with Gasteiger partial charge in [0.15, 0.2) is 23.9 Å². The molecule has 0 fully saturated rings. The van der Waals surface area contributed by atoms with Crippen molar-refractivity contribution in [1.29, 1.82) is 5.26 Å². The highest BCUT2D eigenvalue weighted by Gasteiger charge is 2.17. The third-order valence-corrected chi connectivity index (χ3v) is 6.11. The van der Waals surface area contributed by atoms with E-state index in [0.29, 0.717) is 57.4 Å². The molecule has 0 aliphatic rings. The molecule has 2 heterocycles. The van der Waals surface area contributed by atoms with Crippen LogP contribution < -0.4 is 15.0 Å². The maximum absolute atomic E-state index is 13.6. The third kappa shape index (κ3) is 5.26. The fraction of sp³-hybridized carbons (Fsp3) is 0.133. The lowest BCUT2D eigenvalue weighted by Gasteiger charge is -2.15. The summed E-state index contributed by atoms with van der Waals surface area (Å²) in [6.07, 6.45) is 3.76. The van der Waals surface area contributed by atoms with Crippen molar-refractivity contribution in [2.75, 3.05) is 13.2 Å². The second-order valence-electron chi connectivity index (χ2n) is 8.49. The highest BCUT2D eigenvalue weighted by Crippen LogP contribution is 2.34. The lowest BCUT2D eigenvalue weighted by molar-refractivity contribution is 0.297. The summed E-state index contributed by atoms with van der Waals surface area (Å²) in [6.45, 7) is 5.95. The van der Waals surface area contributed by atoms with Crippen molar-refractivity contribution >= 4 is 39.7 Å². The molecule has 0 saturated carbocycles. The van der Waals surface area contributed by atoms with Crippen molar-refractivity contribution in [3.63, 3.8) is 0 Å². The van der Waals surface area contributed by atoms with Crippen LogP contribution in [0.2, 0.25) is 5.02 Å². The van der Waals surface area contributed by atoms with Gasteiger partial charge in [-0.05, 0) is 67.4 Å². The molecule has 5 aromatic rings. The van der Waals surface area contributed by atoms with E-state index in [4.69, 9.17) is 35.7 Å². The van der Waals surface area contributed by atoms with Gasteiger partial charge < -0.3 is 13.9 Å². The van der Waals surface area contributed by atoms with Gasteiger partial charge in [-0.25, -0.2) is 4.98 Å². The van der Waals surface area contributed by atoms with Crippen LogP contribution in [0.3, 0.4) is 0 Å². The van der Waals surface area contributed by atoms with E-state index in [1.54, 1.807) is 60.8 Å². The van der Waals surface area contributed by atoms with E-state index in [1.165, 1.54) is 4.68 Å². The molecule has 0 N–H and O–H groups in total. The van der Waals surface area contributed by atoms with Gasteiger partial charge in [-0.2, -0.15) is 15.0 Å². The number of fused-ring (bicyclic) bond motifs is 2. The molecule has 5 rings (SSSR count). The van der Waals surface area contributed by atoms with E-state index in [-0.39, 0.29) is 18.0 Å². The molecular formula is C30H23ClN4O4. The highest BCUT2D eigenvalue weighted by atomic mass is 35.5. The van der Waals surface area contributed by atoms with E-state index < -0.39 is 0 Å². The molecule has 2 aromatic heterocycles. The fourth-order valence-electron chi connectivity index (χ4n) is 4.24. The Balaban J connectivity index is 1.67. The van der Waals surface area contributed by atoms with E-state index >= 15 is 0 Å². The summed E-state index contributed by atoms with van der Waals surface area (Å²) in [4.78, 5) is 18.3. The standard InChI is InChI=1S/C30H23ClN4O4/c1-3-7-20-14-19(15-26(37-4-2)28(20)38-13-12-32)18-33-35-29(34-24-9-6-5-8-23(24)30(35)36)27-17-21-16-22(31)10-11-25(21)39-27/h3,5-6,8-11,14-18H,1,4,7,13H2,2H3. The van der Waals surface area contributed by atoms with Crippen molar-refractivity contribution in [2.24, 2.45) is 5.10 Å². The third-order valence-electron chi connectivity index (χ3n) is 5.87. The molecule has 0 bridgehead atoms. The first-order valence-corrected chi connectivity index (χ1v) is 12.6. The molecule has 0 radical (unpaired) electrons. The zero-order valence-corrected chi connectivity index (χ0v) is 21.8. The normalized spacial score (nSPS) is 11.2. The molecule has 0 saturated heterocycles. The minimum absolute atomic E-state index is 0.123. The average molecular weight is 539 g/mol. The van der Waals surface area contributed by atoms with Crippen LogP contribution in [-0.2, 0) is 6.42 Å². The molecular weight excluding hydrogens is 516 g/mol. The number of allylic oxidation sites excluding steroid dienone is 1. The summed E-state index contributed by atoms with van der Waals surface area (Å²) >= 11 is 6.16. The molecule has 8 nitrogen and oxygen atoms in total. The second kappa shape index (κ2) is 11.3. The Bertz CT molecular complexity index is 1830. The van der Waals surface area contributed by atoms with E-state index in [1.807, 2.05) is 25.1 Å². The number of ether oxygens (including phenoxy) is 2. The van der Waals surface area contributed by atoms with Crippen LogP contribution >= 0.6 is 11.6 Å². The lowest BCUT2D eigenvalue weighted by atomic mass is 10.1. The van der Waals surface area contributed by atoms with Gasteiger partial charge in [-0.15, -0.1) is 6.58 Å². The molecule has 0 unspecified atom stereocenters. The first kappa shape index (κ1) is 25.8. The predicted octanol–water partition coefficient (Wildman–Crippen LogP) is 6.37. The quantitative estimate of drug-likeness (QED) is 0.159. The SMILES string of the molecule is C=CCc1cc(C=Nn2c(-c3cc4cc(Cl)ccc4o3)nc3ccccc3c2=O)cc(OCC)c1OCC#N. The molecule has 194 valence electrons. The number of para-hydroxylation sites is 1. The molecule has 0 aliphatic heterocycles. The fourth-order valence-corrected chi connectivity index (χ4v) is 4.42. The van der Waals surface area contributed by atoms with Crippen molar-refractivity contribution < 1.29 is 13.9 Å². The Morgan fingerprint density at radius 2 is 2.03 bits per heavy atom. The van der Waals surface area contributed by atoms with Crippen molar-refractivity contribution in [3.05, 3.63) is 99.8 Å². The molecule has 9 heteroatoms. The van der Waals surface area contributed by atoms with Crippen LogP contribution in [0.15, 0.2) is 87.6 Å². The Labute approximate surface area is 229 Å². The van der Waals surface area contributed by atoms with Gasteiger partial charge in [0.25, 0.3) is 5.56 Å². The zero-order chi connectivity index (χ0) is 27.4. The van der Waals surface area contributed by atoms with Crippen molar-refractivity contribution in [2.45, 2.75) is 13.3 Å². The van der Waals surface area contributed by atoms with Gasteiger partial charge in [0.1, 0.15) is 11.7 Å². The largest absolute Gasteiger partial charge is 0.490 e. The van der Waals surface area contributed by atoms with Gasteiger partial charge in [0.2, 0.25) is 5.82 Å². The Kier molecular flexibility index (Phi) is 7.43. The zero-order valence-electron chi connectivity index (χ0n) is 21.1. The summed E-state index contributed by atoms with van der Waals surface area (Å²) in [5.74, 6) is 1.55. The monoisotopic (exact) mass is 538 g/mol. The average Bonchev–Trinajstić information content (AvgIpc) is 3.35. The molecule has 39 heavy (non-hydrogen) atoms. The van der Waals surface area contributed by atoms with Crippen LogP contribution in [0.1, 0.15) is 18.1 Å². The summed E-state index contributed by atoms with van der Waals surface area (Å²) in [5, 5.41) is 15.3.